The van der Waals surface area contributed by atoms with E-state index in [0.717, 1.165) is 41.9 Å². The molecule has 0 N–H and O–H groups in total. The second-order valence-corrected chi connectivity index (χ2v) is 9.33. The Morgan fingerprint density at radius 3 is 1.75 bits per heavy atom. The van der Waals surface area contributed by atoms with Crippen LogP contribution in [0.5, 0.6) is 5.75 Å². The molecule has 0 amide bonds. The average molecular weight is 502 g/mol. The third-order valence-electron chi connectivity index (χ3n) is 5.67. The Hall–Kier alpha value is -1.68. The standard InChI is InChI=1S/C28H41BrN2O/c1-2-3-4-11-14-25-15-17-26(18-16-25)30-31-27-19-21-28(22-20-27)32-24-13-10-8-6-5-7-9-12-23-29/h15-22H,2-14,23-24H2,1H3. The summed E-state index contributed by atoms with van der Waals surface area (Å²) in [7, 11) is 0. The van der Waals surface area contributed by atoms with Crippen molar-refractivity contribution in [3.63, 3.8) is 0 Å². The summed E-state index contributed by atoms with van der Waals surface area (Å²) in [5, 5.41) is 9.86. The molecule has 0 fully saturated rings. The van der Waals surface area contributed by atoms with Gasteiger partial charge in [0.2, 0.25) is 0 Å². The summed E-state index contributed by atoms with van der Waals surface area (Å²) in [5.41, 5.74) is 3.12. The predicted molar refractivity (Wildman–Crippen MR) is 141 cm³/mol. The molecule has 0 radical (unpaired) electrons. The molecular formula is C28H41BrN2O. The zero-order valence-corrected chi connectivity index (χ0v) is 21.5. The summed E-state index contributed by atoms with van der Waals surface area (Å²) >= 11 is 3.49. The van der Waals surface area contributed by atoms with Gasteiger partial charge in [0.25, 0.3) is 0 Å². The van der Waals surface area contributed by atoms with Crippen molar-refractivity contribution in [3.05, 3.63) is 54.1 Å². The molecule has 2 aromatic rings. The van der Waals surface area contributed by atoms with E-state index in [1.165, 1.54) is 76.2 Å². The minimum atomic E-state index is 0.787. The highest BCUT2D eigenvalue weighted by molar-refractivity contribution is 9.09. The minimum absolute atomic E-state index is 0.787. The molecule has 0 bridgehead atoms. The van der Waals surface area contributed by atoms with Crippen molar-refractivity contribution in [3.8, 4) is 5.75 Å². The lowest BCUT2D eigenvalue weighted by Gasteiger charge is -2.06. The monoisotopic (exact) mass is 500 g/mol. The van der Waals surface area contributed by atoms with Crippen LogP contribution >= 0.6 is 15.9 Å². The highest BCUT2D eigenvalue weighted by Crippen LogP contribution is 2.22. The van der Waals surface area contributed by atoms with Gasteiger partial charge in [0, 0.05) is 5.33 Å². The molecule has 3 nitrogen and oxygen atoms in total. The van der Waals surface area contributed by atoms with Crippen LogP contribution in [0.3, 0.4) is 0 Å². The van der Waals surface area contributed by atoms with Crippen molar-refractivity contribution in [2.45, 2.75) is 90.4 Å². The van der Waals surface area contributed by atoms with E-state index in [-0.39, 0.29) is 0 Å². The SMILES string of the molecule is CCCCCCc1ccc(N=Nc2ccc(OCCCCCCCCCCBr)cc2)cc1. The van der Waals surface area contributed by atoms with E-state index in [1.54, 1.807) is 0 Å². The van der Waals surface area contributed by atoms with Gasteiger partial charge in [-0.05, 0) is 67.6 Å². The van der Waals surface area contributed by atoms with Gasteiger partial charge in [0.15, 0.2) is 0 Å². The van der Waals surface area contributed by atoms with E-state index in [9.17, 15) is 0 Å². The van der Waals surface area contributed by atoms with E-state index < -0.39 is 0 Å². The molecule has 0 aromatic heterocycles. The first-order valence-electron chi connectivity index (χ1n) is 12.6. The molecule has 0 spiro atoms. The molecule has 4 heteroatoms. The van der Waals surface area contributed by atoms with Gasteiger partial charge < -0.3 is 4.74 Å². The lowest BCUT2D eigenvalue weighted by Crippen LogP contribution is -1.96. The summed E-state index contributed by atoms with van der Waals surface area (Å²) in [6.45, 7) is 3.04. The summed E-state index contributed by atoms with van der Waals surface area (Å²) in [5.74, 6) is 0.908. The smallest absolute Gasteiger partial charge is 0.119 e. The number of azo groups is 1. The van der Waals surface area contributed by atoms with Gasteiger partial charge in [-0.2, -0.15) is 10.2 Å². The molecule has 0 saturated heterocycles. The molecule has 0 heterocycles. The number of rotatable bonds is 18. The van der Waals surface area contributed by atoms with E-state index in [4.69, 9.17) is 4.74 Å². The highest BCUT2D eigenvalue weighted by Gasteiger charge is 1.98. The number of nitrogens with zero attached hydrogens (tertiary/aromatic N) is 2. The molecule has 0 aliphatic rings. The van der Waals surface area contributed by atoms with Gasteiger partial charge in [-0.25, -0.2) is 0 Å². The molecule has 0 unspecified atom stereocenters. The first-order chi connectivity index (χ1) is 15.8. The van der Waals surface area contributed by atoms with Crippen molar-refractivity contribution in [1.29, 1.82) is 0 Å². The van der Waals surface area contributed by atoms with Crippen LogP contribution in [0, 0.1) is 0 Å². The number of unbranched alkanes of at least 4 members (excludes halogenated alkanes) is 10. The average Bonchev–Trinajstić information content (AvgIpc) is 2.83. The van der Waals surface area contributed by atoms with Gasteiger partial charge in [0.05, 0.1) is 18.0 Å². The maximum atomic E-state index is 5.87. The quantitative estimate of drug-likeness (QED) is 0.114. The molecule has 0 atom stereocenters. The van der Waals surface area contributed by atoms with E-state index in [2.05, 4.69) is 57.3 Å². The molecular weight excluding hydrogens is 460 g/mol. The lowest BCUT2D eigenvalue weighted by atomic mass is 10.1. The van der Waals surface area contributed by atoms with E-state index in [0.29, 0.717) is 0 Å². The number of ether oxygens (including phenoxy) is 1. The third kappa shape index (κ3) is 12.4. The fourth-order valence-electron chi connectivity index (χ4n) is 3.66. The van der Waals surface area contributed by atoms with Gasteiger partial charge >= 0.3 is 0 Å². The predicted octanol–water partition coefficient (Wildman–Crippen LogP) is 10.1. The summed E-state index contributed by atoms with van der Waals surface area (Å²) in [6, 6.07) is 16.3. The Balaban J connectivity index is 1.60. The maximum Gasteiger partial charge on any atom is 0.119 e. The lowest BCUT2D eigenvalue weighted by molar-refractivity contribution is 0.304. The number of halogens is 1. The van der Waals surface area contributed by atoms with Crippen molar-refractivity contribution in [1.82, 2.24) is 0 Å². The van der Waals surface area contributed by atoms with Crippen LogP contribution < -0.4 is 4.74 Å². The van der Waals surface area contributed by atoms with Gasteiger partial charge in [-0.15, -0.1) is 0 Å². The number of hydrogen-bond donors (Lipinski definition) is 0. The molecule has 32 heavy (non-hydrogen) atoms. The summed E-state index contributed by atoms with van der Waals surface area (Å²) < 4.78 is 5.87. The van der Waals surface area contributed by atoms with Crippen LogP contribution in [-0.2, 0) is 6.42 Å². The van der Waals surface area contributed by atoms with Gasteiger partial charge in [-0.1, -0.05) is 92.8 Å². The van der Waals surface area contributed by atoms with Gasteiger partial charge in [0.1, 0.15) is 5.75 Å². The first-order valence-corrected chi connectivity index (χ1v) is 13.7. The minimum Gasteiger partial charge on any atom is -0.494 e. The van der Waals surface area contributed by atoms with Crippen molar-refractivity contribution in [2.24, 2.45) is 10.2 Å². The van der Waals surface area contributed by atoms with Crippen LogP contribution in [0.2, 0.25) is 0 Å². The maximum absolute atomic E-state index is 5.87. The van der Waals surface area contributed by atoms with Crippen LogP contribution in [0.4, 0.5) is 11.4 Å². The fraction of sp³-hybridized carbons (Fsp3) is 0.571. The zero-order chi connectivity index (χ0) is 22.7. The van der Waals surface area contributed by atoms with E-state index >= 15 is 0 Å². The Kier molecular flexibility index (Phi) is 14.8. The highest BCUT2D eigenvalue weighted by atomic mass is 79.9. The second kappa shape index (κ2) is 17.8. The normalized spacial score (nSPS) is 11.3. The third-order valence-corrected chi connectivity index (χ3v) is 6.23. The molecule has 0 aliphatic carbocycles. The Morgan fingerprint density at radius 1 is 0.625 bits per heavy atom. The zero-order valence-electron chi connectivity index (χ0n) is 19.9. The van der Waals surface area contributed by atoms with Crippen molar-refractivity contribution < 1.29 is 4.74 Å². The van der Waals surface area contributed by atoms with Gasteiger partial charge in [-0.3, -0.25) is 0 Å². The Bertz CT molecular complexity index is 728. The Labute approximate surface area is 204 Å². The van der Waals surface area contributed by atoms with Crippen molar-refractivity contribution >= 4 is 27.3 Å². The van der Waals surface area contributed by atoms with Crippen LogP contribution in [0.25, 0.3) is 0 Å². The molecule has 0 aliphatic heterocycles. The molecule has 2 rings (SSSR count). The topological polar surface area (TPSA) is 34.0 Å². The largest absolute Gasteiger partial charge is 0.494 e. The van der Waals surface area contributed by atoms with Crippen LogP contribution in [0.1, 0.15) is 89.5 Å². The molecule has 2 aromatic carbocycles. The second-order valence-electron chi connectivity index (χ2n) is 8.54. The number of alkyl halides is 1. The molecule has 176 valence electrons. The van der Waals surface area contributed by atoms with Crippen LogP contribution in [-0.4, -0.2) is 11.9 Å². The van der Waals surface area contributed by atoms with Crippen LogP contribution in [0.15, 0.2) is 58.8 Å². The number of benzene rings is 2. The first kappa shape index (κ1) is 26.6. The number of hydrogen-bond acceptors (Lipinski definition) is 3. The summed E-state index contributed by atoms with van der Waals surface area (Å²) in [4.78, 5) is 0. The van der Waals surface area contributed by atoms with Crippen molar-refractivity contribution in [2.75, 3.05) is 11.9 Å². The Morgan fingerprint density at radius 2 is 1.16 bits per heavy atom. The fourth-order valence-corrected chi connectivity index (χ4v) is 4.05. The number of aryl methyl sites for hydroxylation is 1. The molecule has 0 saturated carbocycles. The van der Waals surface area contributed by atoms with E-state index in [1.807, 2.05) is 24.3 Å². The summed E-state index contributed by atoms with van der Waals surface area (Å²) in [6.07, 6.45) is 16.8.